The lowest BCUT2D eigenvalue weighted by Gasteiger charge is -2.15. The first-order valence-electron chi connectivity index (χ1n) is 11.3. The summed E-state index contributed by atoms with van der Waals surface area (Å²) in [6.07, 6.45) is 6.55. The summed E-state index contributed by atoms with van der Waals surface area (Å²) < 4.78 is 27.4. The lowest BCUT2D eigenvalue weighted by molar-refractivity contribution is 0.0870. The van der Waals surface area contributed by atoms with E-state index in [9.17, 15) is 9.18 Å². The molecule has 4 aromatic heterocycles. The molecular formula is C22H28FN9O3Si. The highest BCUT2D eigenvalue weighted by Crippen LogP contribution is 2.24. The Morgan fingerprint density at radius 2 is 1.86 bits per heavy atom. The van der Waals surface area contributed by atoms with E-state index in [2.05, 4.69) is 54.9 Å². The molecule has 0 bridgehead atoms. The number of fused-ring (bicyclic) bond motifs is 1. The van der Waals surface area contributed by atoms with Crippen LogP contribution in [-0.2, 0) is 11.5 Å². The van der Waals surface area contributed by atoms with Crippen LogP contribution in [0.15, 0.2) is 35.9 Å². The molecule has 0 saturated heterocycles. The fraction of sp³-hybridized carbons (Fsp3) is 0.409. The summed E-state index contributed by atoms with van der Waals surface area (Å²) in [6.45, 7) is 9.10. The highest BCUT2D eigenvalue weighted by molar-refractivity contribution is 6.76. The normalized spacial score (nSPS) is 12.6. The van der Waals surface area contributed by atoms with Crippen LogP contribution in [-0.4, -0.2) is 60.8 Å². The molecular weight excluding hydrogens is 485 g/mol. The van der Waals surface area contributed by atoms with Gasteiger partial charge in [-0.2, -0.15) is 9.97 Å². The number of methoxy groups -OCH3 is 1. The molecule has 0 amide bonds. The second-order valence-electron chi connectivity index (χ2n) is 9.34. The van der Waals surface area contributed by atoms with Gasteiger partial charge in [0, 0.05) is 14.7 Å². The number of hydrogen-bond acceptors (Lipinski definition) is 10. The average Bonchev–Trinajstić information content (AvgIpc) is 3.12. The van der Waals surface area contributed by atoms with Crippen molar-refractivity contribution in [3.8, 4) is 5.88 Å². The number of anilines is 2. The van der Waals surface area contributed by atoms with Crippen LogP contribution < -0.4 is 15.7 Å². The first-order chi connectivity index (χ1) is 17.2. The molecule has 12 nitrogen and oxygen atoms in total. The number of halogens is 1. The maximum Gasteiger partial charge on any atom is 0.332 e. The quantitative estimate of drug-likeness (QED) is 0.249. The van der Waals surface area contributed by atoms with Gasteiger partial charge in [0.25, 0.3) is 0 Å². The van der Waals surface area contributed by atoms with E-state index in [0.717, 1.165) is 18.4 Å². The van der Waals surface area contributed by atoms with Gasteiger partial charge >= 0.3 is 5.69 Å². The van der Waals surface area contributed by atoms with Crippen molar-refractivity contribution in [1.82, 2.24) is 39.0 Å². The SMILES string of the molecule is COc1ncncc1Nc1ncc2c(n1)n(C(C)c1ncc(F)cn1)c(=O)n2COCC[Si](C)(C)C. The molecule has 4 rings (SSSR count). The molecule has 190 valence electrons. The van der Waals surface area contributed by atoms with Crippen LogP contribution in [0, 0.1) is 5.82 Å². The van der Waals surface area contributed by atoms with E-state index < -0.39 is 19.9 Å². The van der Waals surface area contributed by atoms with E-state index in [4.69, 9.17) is 9.47 Å². The van der Waals surface area contributed by atoms with E-state index >= 15 is 0 Å². The first kappa shape index (κ1) is 25.3. The molecule has 14 heteroatoms. The van der Waals surface area contributed by atoms with Gasteiger partial charge in [-0.05, 0) is 13.0 Å². The lowest BCUT2D eigenvalue weighted by atomic mass is 10.3. The summed E-state index contributed by atoms with van der Waals surface area (Å²) in [5, 5.41) is 3.02. The summed E-state index contributed by atoms with van der Waals surface area (Å²) in [5.74, 6) is 0.216. The van der Waals surface area contributed by atoms with Gasteiger partial charge < -0.3 is 14.8 Å². The molecule has 0 aliphatic carbocycles. The predicted molar refractivity (Wildman–Crippen MR) is 134 cm³/mol. The van der Waals surface area contributed by atoms with Gasteiger partial charge in [0.05, 0.1) is 37.9 Å². The molecule has 0 saturated carbocycles. The Morgan fingerprint density at radius 3 is 2.56 bits per heavy atom. The van der Waals surface area contributed by atoms with Crippen LogP contribution in [0.2, 0.25) is 25.7 Å². The van der Waals surface area contributed by atoms with E-state index in [0.29, 0.717) is 29.3 Å². The Kier molecular flexibility index (Phi) is 7.35. The summed E-state index contributed by atoms with van der Waals surface area (Å²) in [6, 6.07) is 0.326. The minimum absolute atomic E-state index is 0.0420. The van der Waals surface area contributed by atoms with Gasteiger partial charge in [-0.25, -0.2) is 29.1 Å². The molecule has 1 atom stereocenters. The zero-order valence-electron chi connectivity index (χ0n) is 20.8. The van der Waals surface area contributed by atoms with Crippen LogP contribution in [0.5, 0.6) is 5.88 Å². The van der Waals surface area contributed by atoms with Gasteiger partial charge in [0.15, 0.2) is 17.3 Å². The molecule has 36 heavy (non-hydrogen) atoms. The molecule has 0 aromatic carbocycles. The van der Waals surface area contributed by atoms with Crippen molar-refractivity contribution in [2.24, 2.45) is 0 Å². The molecule has 1 N–H and O–H groups in total. The van der Waals surface area contributed by atoms with E-state index in [1.807, 2.05) is 0 Å². The second kappa shape index (κ2) is 10.5. The van der Waals surface area contributed by atoms with Crippen LogP contribution in [0.3, 0.4) is 0 Å². The topological polar surface area (TPSA) is 135 Å². The standard InChI is InChI=1S/C22H28FN9O3Si/c1-14(18-25-8-15(23)9-26-18)32-19-17(31(22(32)33)13-35-6-7-36(3,4)5)11-27-21(30-19)29-16-10-24-12-28-20(16)34-2/h8-12,14H,6-7,13H2,1-5H3,(H,27,29,30). The third-order valence-electron chi connectivity index (χ3n) is 5.44. The molecule has 4 heterocycles. The Hall–Kier alpha value is -3.78. The number of nitrogens with zero attached hydrogens (tertiary/aromatic N) is 8. The molecule has 1 unspecified atom stereocenters. The fourth-order valence-corrected chi connectivity index (χ4v) is 4.22. The van der Waals surface area contributed by atoms with Crippen molar-refractivity contribution in [2.75, 3.05) is 19.0 Å². The van der Waals surface area contributed by atoms with E-state index in [1.165, 1.54) is 28.8 Å². The van der Waals surface area contributed by atoms with E-state index in [-0.39, 0.29) is 24.2 Å². The Balaban J connectivity index is 1.75. The number of aromatic nitrogens is 8. The van der Waals surface area contributed by atoms with Crippen molar-refractivity contribution in [2.45, 2.75) is 45.4 Å². The first-order valence-corrected chi connectivity index (χ1v) is 15.0. The van der Waals surface area contributed by atoms with Crippen LogP contribution in [0.25, 0.3) is 11.2 Å². The Bertz CT molecular complexity index is 1400. The maximum atomic E-state index is 13.5. The van der Waals surface area contributed by atoms with Crippen LogP contribution in [0.1, 0.15) is 18.8 Å². The highest BCUT2D eigenvalue weighted by atomic mass is 28.3. The number of imidazole rings is 1. The largest absolute Gasteiger partial charge is 0.479 e. The number of ether oxygens (including phenoxy) is 2. The highest BCUT2D eigenvalue weighted by Gasteiger charge is 2.23. The summed E-state index contributed by atoms with van der Waals surface area (Å²) in [4.78, 5) is 38.6. The molecule has 4 aromatic rings. The molecule has 0 aliphatic rings. The van der Waals surface area contributed by atoms with Gasteiger partial charge in [-0.15, -0.1) is 0 Å². The van der Waals surface area contributed by atoms with Gasteiger partial charge in [0.1, 0.15) is 24.3 Å². The van der Waals surface area contributed by atoms with Crippen LogP contribution in [0.4, 0.5) is 16.0 Å². The van der Waals surface area contributed by atoms with Gasteiger partial charge in [-0.1, -0.05) is 19.6 Å². The summed E-state index contributed by atoms with van der Waals surface area (Å²) >= 11 is 0. The number of nitrogens with one attached hydrogen (secondary N) is 1. The monoisotopic (exact) mass is 513 g/mol. The maximum absolute atomic E-state index is 13.5. The Morgan fingerprint density at radius 1 is 1.11 bits per heavy atom. The number of hydrogen-bond donors (Lipinski definition) is 1. The Labute approximate surface area is 207 Å². The van der Waals surface area contributed by atoms with Crippen LogP contribution >= 0.6 is 0 Å². The van der Waals surface area contributed by atoms with Crippen molar-refractivity contribution >= 4 is 30.9 Å². The summed E-state index contributed by atoms with van der Waals surface area (Å²) in [5.41, 5.74) is 0.897. The smallest absolute Gasteiger partial charge is 0.332 e. The zero-order chi connectivity index (χ0) is 25.9. The van der Waals surface area contributed by atoms with E-state index in [1.54, 1.807) is 13.1 Å². The fourth-order valence-electron chi connectivity index (χ4n) is 3.47. The molecule has 0 aliphatic heterocycles. The molecule has 0 fully saturated rings. The second-order valence-corrected chi connectivity index (χ2v) is 15.0. The predicted octanol–water partition coefficient (Wildman–Crippen LogP) is 2.99. The molecule has 0 radical (unpaired) electrons. The van der Waals surface area contributed by atoms with Crippen molar-refractivity contribution in [3.63, 3.8) is 0 Å². The lowest BCUT2D eigenvalue weighted by Crippen LogP contribution is -2.29. The zero-order valence-corrected chi connectivity index (χ0v) is 21.8. The molecule has 0 spiro atoms. The minimum Gasteiger partial charge on any atom is -0.479 e. The van der Waals surface area contributed by atoms with Crippen molar-refractivity contribution < 1.29 is 13.9 Å². The third kappa shape index (κ3) is 5.54. The van der Waals surface area contributed by atoms with Crippen molar-refractivity contribution in [3.05, 3.63) is 53.2 Å². The minimum atomic E-state index is -1.29. The number of rotatable bonds is 10. The average molecular weight is 514 g/mol. The third-order valence-corrected chi connectivity index (χ3v) is 7.14. The van der Waals surface area contributed by atoms with Gasteiger partial charge in [-0.3, -0.25) is 9.13 Å². The van der Waals surface area contributed by atoms with Crippen molar-refractivity contribution in [1.29, 1.82) is 0 Å². The summed E-state index contributed by atoms with van der Waals surface area (Å²) in [7, 11) is 0.193. The van der Waals surface area contributed by atoms with Gasteiger partial charge in [0.2, 0.25) is 11.8 Å².